The maximum Gasteiger partial charge on any atom is 0.239 e. The molecule has 1 aromatic rings. The van der Waals surface area contributed by atoms with E-state index in [1.54, 1.807) is 13.2 Å². The molecule has 0 unspecified atom stereocenters. The summed E-state index contributed by atoms with van der Waals surface area (Å²) in [6.07, 6.45) is 1.74. The lowest BCUT2D eigenvalue weighted by Gasteiger charge is -2.12. The van der Waals surface area contributed by atoms with Crippen LogP contribution in [0.4, 0.5) is 0 Å². The highest BCUT2D eigenvalue weighted by molar-refractivity contribution is 14.0. The summed E-state index contributed by atoms with van der Waals surface area (Å²) in [6.45, 7) is 4.60. The van der Waals surface area contributed by atoms with E-state index in [2.05, 4.69) is 25.9 Å². The van der Waals surface area contributed by atoms with E-state index in [4.69, 9.17) is 0 Å². The Balaban J connectivity index is 0.00000361. The van der Waals surface area contributed by atoms with Gasteiger partial charge >= 0.3 is 0 Å². The fourth-order valence-corrected chi connectivity index (χ4v) is 1.43. The highest BCUT2D eigenvalue weighted by Crippen LogP contribution is 1.91. The van der Waals surface area contributed by atoms with Gasteiger partial charge in [-0.3, -0.25) is 14.8 Å². The van der Waals surface area contributed by atoms with E-state index in [0.717, 1.165) is 5.69 Å². The summed E-state index contributed by atoms with van der Waals surface area (Å²) < 4.78 is 0. The average Bonchev–Trinajstić information content (AvgIpc) is 2.39. The Bertz CT molecular complexity index is 422. The molecule has 20 heavy (non-hydrogen) atoms. The molecule has 7 heteroatoms. The van der Waals surface area contributed by atoms with Crippen molar-refractivity contribution in [1.82, 2.24) is 20.9 Å². The maximum absolute atomic E-state index is 11.5. The van der Waals surface area contributed by atoms with Crippen LogP contribution in [-0.2, 0) is 11.3 Å². The lowest BCUT2D eigenvalue weighted by Crippen LogP contribution is -2.44. The number of halogens is 1. The predicted octanol–water partition coefficient (Wildman–Crippen LogP) is 0.889. The van der Waals surface area contributed by atoms with Gasteiger partial charge < -0.3 is 16.0 Å². The van der Waals surface area contributed by atoms with Crippen molar-refractivity contribution in [2.24, 2.45) is 4.99 Å². The van der Waals surface area contributed by atoms with E-state index in [-0.39, 0.29) is 42.5 Å². The number of hydrogen-bond acceptors (Lipinski definition) is 3. The molecule has 0 atom stereocenters. The molecule has 1 aromatic heterocycles. The molecule has 6 nitrogen and oxygen atoms in total. The van der Waals surface area contributed by atoms with Crippen LogP contribution in [0.25, 0.3) is 0 Å². The van der Waals surface area contributed by atoms with Gasteiger partial charge in [-0.2, -0.15) is 0 Å². The summed E-state index contributed by atoms with van der Waals surface area (Å²) in [4.78, 5) is 19.7. The molecule has 112 valence electrons. The van der Waals surface area contributed by atoms with E-state index in [1.165, 1.54) is 0 Å². The molecular formula is C13H22IN5O. The van der Waals surface area contributed by atoms with Crippen LogP contribution in [0.1, 0.15) is 19.5 Å². The van der Waals surface area contributed by atoms with E-state index < -0.39 is 0 Å². The lowest BCUT2D eigenvalue weighted by molar-refractivity contribution is -0.120. The van der Waals surface area contributed by atoms with Crippen molar-refractivity contribution in [3.63, 3.8) is 0 Å². The van der Waals surface area contributed by atoms with Crippen molar-refractivity contribution in [2.75, 3.05) is 13.6 Å². The predicted molar refractivity (Wildman–Crippen MR) is 91.1 cm³/mol. The molecule has 0 spiro atoms. The molecule has 0 aliphatic rings. The van der Waals surface area contributed by atoms with Crippen LogP contribution in [0.5, 0.6) is 0 Å². The SMILES string of the molecule is CN=C(NCC(=O)NC(C)C)NCc1ccccn1.I. The minimum Gasteiger partial charge on any atom is -0.352 e. The number of nitrogens with one attached hydrogen (secondary N) is 3. The van der Waals surface area contributed by atoms with Gasteiger partial charge in [0, 0.05) is 19.3 Å². The Kier molecular flexibility index (Phi) is 9.69. The molecule has 1 amide bonds. The van der Waals surface area contributed by atoms with Crippen LogP contribution in [0.3, 0.4) is 0 Å². The molecule has 0 radical (unpaired) electrons. The topological polar surface area (TPSA) is 78.4 Å². The highest BCUT2D eigenvalue weighted by Gasteiger charge is 2.04. The number of pyridine rings is 1. The maximum atomic E-state index is 11.5. The molecule has 1 heterocycles. The van der Waals surface area contributed by atoms with Gasteiger partial charge in [-0.1, -0.05) is 6.07 Å². The number of guanidine groups is 1. The summed E-state index contributed by atoms with van der Waals surface area (Å²) in [7, 11) is 1.66. The molecule has 0 aliphatic heterocycles. The number of aromatic nitrogens is 1. The third-order valence-corrected chi connectivity index (χ3v) is 2.25. The molecule has 1 rings (SSSR count). The molecule has 3 N–H and O–H groups in total. The smallest absolute Gasteiger partial charge is 0.239 e. The first-order valence-corrected chi connectivity index (χ1v) is 6.25. The quantitative estimate of drug-likeness (QED) is 0.396. The highest BCUT2D eigenvalue weighted by atomic mass is 127. The third kappa shape index (κ3) is 7.93. The molecule has 0 aliphatic carbocycles. The standard InChI is InChI=1S/C13H21N5O.HI/c1-10(2)18-12(19)9-17-13(14-3)16-8-11-6-4-5-7-15-11;/h4-7,10H,8-9H2,1-3H3,(H,18,19)(H2,14,16,17);1H. The normalized spacial score (nSPS) is 10.7. The molecular weight excluding hydrogens is 369 g/mol. The van der Waals surface area contributed by atoms with Crippen LogP contribution in [-0.4, -0.2) is 36.5 Å². The van der Waals surface area contributed by atoms with Gasteiger partial charge in [0.25, 0.3) is 0 Å². The third-order valence-electron chi connectivity index (χ3n) is 2.25. The number of nitrogens with zero attached hydrogens (tertiary/aromatic N) is 2. The first-order chi connectivity index (χ1) is 9.11. The summed E-state index contributed by atoms with van der Waals surface area (Å²) in [5.41, 5.74) is 0.914. The van der Waals surface area contributed by atoms with Gasteiger partial charge in [0.15, 0.2) is 5.96 Å². The van der Waals surface area contributed by atoms with Gasteiger partial charge in [-0.25, -0.2) is 0 Å². The Morgan fingerprint density at radius 1 is 1.35 bits per heavy atom. The lowest BCUT2D eigenvalue weighted by atomic mass is 10.3. The van der Waals surface area contributed by atoms with E-state index in [9.17, 15) is 4.79 Å². The fourth-order valence-electron chi connectivity index (χ4n) is 1.43. The number of hydrogen-bond donors (Lipinski definition) is 3. The molecule has 0 aromatic carbocycles. The molecule has 0 saturated heterocycles. The van der Waals surface area contributed by atoms with E-state index in [0.29, 0.717) is 12.5 Å². The van der Waals surface area contributed by atoms with Gasteiger partial charge in [0.05, 0.1) is 18.8 Å². The Labute approximate surface area is 136 Å². The van der Waals surface area contributed by atoms with Crippen LogP contribution < -0.4 is 16.0 Å². The molecule has 0 saturated carbocycles. The fraction of sp³-hybridized carbons (Fsp3) is 0.462. The first kappa shape index (κ1) is 18.6. The molecule has 0 fully saturated rings. The van der Waals surface area contributed by atoms with E-state index >= 15 is 0 Å². The van der Waals surface area contributed by atoms with Crippen LogP contribution in [0.15, 0.2) is 29.4 Å². The van der Waals surface area contributed by atoms with Crippen molar-refractivity contribution in [3.8, 4) is 0 Å². The van der Waals surface area contributed by atoms with Crippen molar-refractivity contribution >= 4 is 35.8 Å². The van der Waals surface area contributed by atoms with Crippen LogP contribution in [0.2, 0.25) is 0 Å². The second-order valence-electron chi connectivity index (χ2n) is 4.32. The zero-order valence-electron chi connectivity index (χ0n) is 12.0. The Morgan fingerprint density at radius 2 is 2.10 bits per heavy atom. The van der Waals surface area contributed by atoms with Crippen molar-refractivity contribution in [3.05, 3.63) is 30.1 Å². The second-order valence-corrected chi connectivity index (χ2v) is 4.32. The number of carbonyl (C=O) groups excluding carboxylic acids is 1. The number of amides is 1. The summed E-state index contributed by atoms with van der Waals surface area (Å²) in [5.74, 6) is 0.514. The number of rotatable bonds is 5. The Morgan fingerprint density at radius 3 is 2.65 bits per heavy atom. The summed E-state index contributed by atoms with van der Waals surface area (Å²) >= 11 is 0. The average molecular weight is 391 g/mol. The van der Waals surface area contributed by atoms with Crippen LogP contribution in [0, 0.1) is 0 Å². The van der Waals surface area contributed by atoms with Gasteiger partial charge in [-0.05, 0) is 26.0 Å². The number of carbonyl (C=O) groups is 1. The first-order valence-electron chi connectivity index (χ1n) is 6.25. The monoisotopic (exact) mass is 391 g/mol. The van der Waals surface area contributed by atoms with Crippen molar-refractivity contribution in [2.45, 2.75) is 26.4 Å². The second kappa shape index (κ2) is 10.4. The van der Waals surface area contributed by atoms with Crippen molar-refractivity contribution < 1.29 is 4.79 Å². The minimum atomic E-state index is -0.0595. The minimum absolute atomic E-state index is 0. The molecule has 0 bridgehead atoms. The largest absolute Gasteiger partial charge is 0.352 e. The zero-order valence-corrected chi connectivity index (χ0v) is 14.3. The summed E-state index contributed by atoms with van der Waals surface area (Å²) in [5, 5.41) is 8.83. The Hall–Kier alpha value is -1.38. The van der Waals surface area contributed by atoms with Gasteiger partial charge in [0.1, 0.15) is 0 Å². The van der Waals surface area contributed by atoms with Crippen molar-refractivity contribution in [1.29, 1.82) is 0 Å². The zero-order chi connectivity index (χ0) is 14.1. The van der Waals surface area contributed by atoms with E-state index in [1.807, 2.05) is 32.0 Å². The van der Waals surface area contributed by atoms with Gasteiger partial charge in [0.2, 0.25) is 5.91 Å². The van der Waals surface area contributed by atoms with Gasteiger partial charge in [-0.15, -0.1) is 24.0 Å². The number of aliphatic imine (C=N–C) groups is 1. The van der Waals surface area contributed by atoms with Crippen LogP contribution >= 0.6 is 24.0 Å². The summed E-state index contributed by atoms with van der Waals surface area (Å²) in [6, 6.07) is 5.85.